The van der Waals surface area contributed by atoms with E-state index in [1.807, 2.05) is 6.08 Å². The van der Waals surface area contributed by atoms with Crippen molar-refractivity contribution in [2.45, 2.75) is 73.6 Å². The van der Waals surface area contributed by atoms with Crippen LogP contribution in [0, 0.1) is 5.92 Å². The van der Waals surface area contributed by atoms with Gasteiger partial charge in [0, 0.05) is 6.61 Å². The lowest BCUT2D eigenvalue weighted by atomic mass is 10.0. The molecule has 0 rings (SSSR count). The van der Waals surface area contributed by atoms with Crippen LogP contribution in [0.2, 0.25) is 0 Å². The van der Waals surface area contributed by atoms with Crippen LogP contribution >= 0.6 is 0 Å². The van der Waals surface area contributed by atoms with E-state index in [0.29, 0.717) is 12.5 Å². The van der Waals surface area contributed by atoms with Gasteiger partial charge in [-0.05, 0) is 72.6 Å². The number of rotatable bonds is 9. The molecule has 0 amide bonds. The molecule has 2 N–H and O–H groups in total. The van der Waals surface area contributed by atoms with Crippen LogP contribution in [0.4, 0.5) is 0 Å². The Kier molecular flexibility index (Phi) is 17.6. The Morgan fingerprint density at radius 3 is 1.82 bits per heavy atom. The number of hydrogen-bond donors (Lipinski definition) is 2. The maximum atomic E-state index is 8.63. The molecule has 0 fully saturated rings. The first-order chi connectivity index (χ1) is 10.3. The molecule has 0 radical (unpaired) electrons. The van der Waals surface area contributed by atoms with Crippen LogP contribution in [-0.2, 0) is 0 Å². The van der Waals surface area contributed by atoms with E-state index in [1.165, 1.54) is 23.1 Å². The summed E-state index contributed by atoms with van der Waals surface area (Å²) in [5.41, 5.74) is 4.02. The SMILES string of the molecule is CC(C)=CCC/C(C)=C/CO.CC(C)=CCC[C@@H](C)CCO. The Morgan fingerprint density at radius 2 is 1.36 bits per heavy atom. The lowest BCUT2D eigenvalue weighted by molar-refractivity contribution is 0.259. The Bertz CT molecular complexity index is 330. The first-order valence-electron chi connectivity index (χ1n) is 8.47. The zero-order chi connectivity index (χ0) is 17.4. The zero-order valence-electron chi connectivity index (χ0n) is 15.7. The summed E-state index contributed by atoms with van der Waals surface area (Å²) in [5.74, 6) is 0.663. The highest BCUT2D eigenvalue weighted by Crippen LogP contribution is 2.10. The number of allylic oxidation sites excluding steroid dienone is 5. The number of aliphatic hydroxyl groups is 2. The van der Waals surface area contributed by atoms with E-state index >= 15 is 0 Å². The van der Waals surface area contributed by atoms with Gasteiger partial charge in [-0.15, -0.1) is 0 Å². The highest BCUT2D eigenvalue weighted by Gasteiger charge is 1.98. The van der Waals surface area contributed by atoms with Crippen molar-refractivity contribution in [2.24, 2.45) is 5.92 Å². The van der Waals surface area contributed by atoms with Gasteiger partial charge in [-0.2, -0.15) is 0 Å². The summed E-state index contributed by atoms with van der Waals surface area (Å²) < 4.78 is 0. The average Bonchev–Trinajstić information content (AvgIpc) is 2.39. The fraction of sp³-hybridized carbons (Fsp3) is 0.700. The van der Waals surface area contributed by atoms with E-state index in [0.717, 1.165) is 25.7 Å². The molecule has 0 aromatic rings. The van der Waals surface area contributed by atoms with Crippen LogP contribution in [0.25, 0.3) is 0 Å². The predicted octanol–water partition coefficient (Wildman–Crippen LogP) is 5.42. The molecule has 22 heavy (non-hydrogen) atoms. The summed E-state index contributed by atoms with van der Waals surface area (Å²) in [4.78, 5) is 0. The topological polar surface area (TPSA) is 40.5 Å². The van der Waals surface area contributed by atoms with Crippen LogP contribution in [0.1, 0.15) is 73.6 Å². The van der Waals surface area contributed by atoms with Gasteiger partial charge < -0.3 is 10.2 Å². The summed E-state index contributed by atoms with van der Waals surface area (Å²) in [6.45, 7) is 13.2. The Morgan fingerprint density at radius 1 is 0.818 bits per heavy atom. The fourth-order valence-corrected chi connectivity index (χ4v) is 1.87. The van der Waals surface area contributed by atoms with E-state index in [4.69, 9.17) is 10.2 Å². The smallest absolute Gasteiger partial charge is 0.0614 e. The minimum absolute atomic E-state index is 0.167. The van der Waals surface area contributed by atoms with Crippen molar-refractivity contribution in [1.82, 2.24) is 0 Å². The van der Waals surface area contributed by atoms with Gasteiger partial charge in [0.25, 0.3) is 0 Å². The molecule has 0 aromatic heterocycles. The van der Waals surface area contributed by atoms with Crippen LogP contribution in [0.15, 0.2) is 34.9 Å². The van der Waals surface area contributed by atoms with Crippen LogP contribution in [0.3, 0.4) is 0 Å². The molecule has 0 unspecified atom stereocenters. The molecule has 2 heteroatoms. The lowest BCUT2D eigenvalue weighted by Crippen LogP contribution is -1.96. The third kappa shape index (κ3) is 21.4. The van der Waals surface area contributed by atoms with Crippen molar-refractivity contribution in [2.75, 3.05) is 13.2 Å². The first kappa shape index (κ1) is 23.4. The monoisotopic (exact) mass is 310 g/mol. The van der Waals surface area contributed by atoms with Gasteiger partial charge >= 0.3 is 0 Å². The average molecular weight is 311 g/mol. The molecule has 0 bridgehead atoms. The Hall–Kier alpha value is -0.860. The van der Waals surface area contributed by atoms with Gasteiger partial charge in [0.2, 0.25) is 0 Å². The molecule has 0 aliphatic carbocycles. The van der Waals surface area contributed by atoms with Gasteiger partial charge in [0.15, 0.2) is 0 Å². The van der Waals surface area contributed by atoms with Crippen molar-refractivity contribution in [3.05, 3.63) is 34.9 Å². The maximum Gasteiger partial charge on any atom is 0.0614 e. The second-order valence-corrected chi connectivity index (χ2v) is 6.53. The molecule has 0 aliphatic rings. The van der Waals surface area contributed by atoms with Gasteiger partial charge in [-0.25, -0.2) is 0 Å². The third-order valence-electron chi connectivity index (χ3n) is 3.36. The molecule has 1 atom stereocenters. The van der Waals surface area contributed by atoms with Gasteiger partial charge in [0.05, 0.1) is 6.61 Å². The summed E-state index contributed by atoms with van der Waals surface area (Å²) >= 11 is 0. The van der Waals surface area contributed by atoms with Gasteiger partial charge in [-0.1, -0.05) is 41.9 Å². The zero-order valence-corrected chi connectivity index (χ0v) is 15.7. The summed E-state index contributed by atoms with van der Waals surface area (Å²) in [5, 5.41) is 17.2. The van der Waals surface area contributed by atoms with Gasteiger partial charge in [-0.3, -0.25) is 0 Å². The highest BCUT2D eigenvalue weighted by molar-refractivity contribution is 5.01. The van der Waals surface area contributed by atoms with E-state index in [1.54, 1.807) is 0 Å². The highest BCUT2D eigenvalue weighted by atomic mass is 16.3. The first-order valence-corrected chi connectivity index (χ1v) is 8.47. The van der Waals surface area contributed by atoms with Crippen LogP contribution in [0.5, 0.6) is 0 Å². The second-order valence-electron chi connectivity index (χ2n) is 6.53. The maximum absolute atomic E-state index is 8.63. The molecule has 0 heterocycles. The molecule has 0 saturated carbocycles. The Labute approximate surface area is 138 Å². The summed E-state index contributed by atoms with van der Waals surface area (Å²) in [6, 6.07) is 0. The van der Waals surface area contributed by atoms with E-state index in [2.05, 4.69) is 53.7 Å². The predicted molar refractivity (Wildman–Crippen MR) is 99.0 cm³/mol. The van der Waals surface area contributed by atoms with Crippen LogP contribution in [-0.4, -0.2) is 23.4 Å². The largest absolute Gasteiger partial charge is 0.396 e. The molecule has 0 aliphatic heterocycles. The fourth-order valence-electron chi connectivity index (χ4n) is 1.87. The number of aliphatic hydroxyl groups excluding tert-OH is 2. The van der Waals surface area contributed by atoms with E-state index < -0.39 is 0 Å². The molecule has 0 aromatic carbocycles. The molecular weight excluding hydrogens is 272 g/mol. The van der Waals surface area contributed by atoms with E-state index in [-0.39, 0.29) is 6.61 Å². The molecule has 2 nitrogen and oxygen atoms in total. The van der Waals surface area contributed by atoms with Crippen LogP contribution < -0.4 is 0 Å². The van der Waals surface area contributed by atoms with E-state index in [9.17, 15) is 0 Å². The Balaban J connectivity index is 0. The summed E-state index contributed by atoms with van der Waals surface area (Å²) in [7, 11) is 0. The molecular formula is C20H38O2. The van der Waals surface area contributed by atoms with Crippen molar-refractivity contribution >= 4 is 0 Å². The minimum atomic E-state index is 0.167. The second kappa shape index (κ2) is 16.5. The molecule has 0 spiro atoms. The number of hydrogen-bond acceptors (Lipinski definition) is 2. The van der Waals surface area contributed by atoms with Crippen molar-refractivity contribution in [1.29, 1.82) is 0 Å². The third-order valence-corrected chi connectivity index (χ3v) is 3.36. The standard InChI is InChI=1S/C10H20O.C10H18O/c2*1-9(2)5-4-6-10(3)7-8-11/h5,10-11H,4,6-8H2,1-3H3;5,7,11H,4,6,8H2,1-3H3/b;10-7+/t10-;/m1./s1. The molecule has 0 saturated heterocycles. The normalized spacial score (nSPS) is 12.1. The van der Waals surface area contributed by atoms with Gasteiger partial charge in [0.1, 0.15) is 0 Å². The quantitative estimate of drug-likeness (QED) is 0.558. The van der Waals surface area contributed by atoms with Crippen molar-refractivity contribution in [3.63, 3.8) is 0 Å². The van der Waals surface area contributed by atoms with Crippen molar-refractivity contribution < 1.29 is 10.2 Å². The van der Waals surface area contributed by atoms with Crippen molar-refractivity contribution in [3.8, 4) is 0 Å². The summed E-state index contributed by atoms with van der Waals surface area (Å²) in [6.07, 6.45) is 11.8. The minimum Gasteiger partial charge on any atom is -0.396 e. The molecule has 130 valence electrons. The lowest BCUT2D eigenvalue weighted by Gasteiger charge is -2.06.